The predicted molar refractivity (Wildman–Crippen MR) is 87.0 cm³/mol. The number of nitrogens with two attached hydrogens (primary N) is 1. The number of amidine groups is 1. The Bertz CT molecular complexity index is 559. The van der Waals surface area contributed by atoms with Crippen molar-refractivity contribution in [3.63, 3.8) is 0 Å². The molecule has 0 spiro atoms. The number of aliphatic hydroxyl groups excluding tert-OH is 1. The fraction of sp³-hybridized carbons (Fsp3) is 0.500. The van der Waals surface area contributed by atoms with Crippen LogP contribution >= 0.6 is 7.15 Å². The zero-order chi connectivity index (χ0) is 16.9. The van der Waals surface area contributed by atoms with Gasteiger partial charge in [-0.15, -0.1) is 0 Å². The zero-order valence-electron chi connectivity index (χ0n) is 12.7. The number of hydrogen-bond acceptors (Lipinski definition) is 7. The van der Waals surface area contributed by atoms with E-state index in [9.17, 15) is 9.90 Å². The first kappa shape index (κ1) is 18.6. The molecule has 1 aliphatic rings. The standard InChI is InChI=1S/C12H20N3O5PS/c1-7(5-14-6-16)10(13)15-11-8(17)9(12(2,3)19-11)20-21(22)18-4/h5-6,11,17,21H,1-4H3,(H2,13,15)(H,14,16)/b7-5-/t11-/m1/s1. The van der Waals surface area contributed by atoms with Crippen molar-refractivity contribution in [2.24, 2.45) is 10.7 Å². The van der Waals surface area contributed by atoms with E-state index in [1.807, 2.05) is 0 Å². The summed E-state index contributed by atoms with van der Waals surface area (Å²) >= 11 is 4.99. The van der Waals surface area contributed by atoms with E-state index in [0.29, 0.717) is 12.0 Å². The molecule has 0 bridgehead atoms. The van der Waals surface area contributed by atoms with Gasteiger partial charge in [0, 0.05) is 18.9 Å². The average molecular weight is 349 g/mol. The fourth-order valence-corrected chi connectivity index (χ4v) is 2.51. The first-order chi connectivity index (χ1) is 10.2. The van der Waals surface area contributed by atoms with Gasteiger partial charge in [0.05, 0.1) is 0 Å². The van der Waals surface area contributed by atoms with Crippen LogP contribution in [0.4, 0.5) is 0 Å². The van der Waals surface area contributed by atoms with Gasteiger partial charge in [-0.3, -0.25) is 4.79 Å². The molecule has 8 nitrogen and oxygen atoms in total. The zero-order valence-corrected chi connectivity index (χ0v) is 14.6. The molecule has 0 aliphatic carbocycles. The van der Waals surface area contributed by atoms with E-state index < -0.39 is 19.0 Å². The monoisotopic (exact) mass is 349 g/mol. The topological polar surface area (TPSA) is 115 Å². The SMILES string of the molecule is CO[PH](=S)OC1=C(O)[C@H](/N=C(N)\C(C)=C/NC=O)OC1(C)C. The molecular weight excluding hydrogens is 329 g/mol. The molecule has 124 valence electrons. The molecule has 1 unspecified atom stereocenters. The molecular formula is C12H20N3O5PS. The van der Waals surface area contributed by atoms with Crippen LogP contribution in [-0.2, 0) is 30.4 Å². The van der Waals surface area contributed by atoms with E-state index in [0.717, 1.165) is 0 Å². The van der Waals surface area contributed by atoms with Crippen molar-refractivity contribution in [3.8, 4) is 0 Å². The largest absolute Gasteiger partial charge is 0.505 e. The van der Waals surface area contributed by atoms with Crippen molar-refractivity contribution in [2.45, 2.75) is 32.6 Å². The van der Waals surface area contributed by atoms with Crippen molar-refractivity contribution in [2.75, 3.05) is 7.11 Å². The Kier molecular flexibility index (Phi) is 6.55. The number of carbonyl (C=O) groups excluding carboxylic acids is 1. The smallest absolute Gasteiger partial charge is 0.225 e. The highest BCUT2D eigenvalue weighted by molar-refractivity contribution is 8.00. The molecule has 10 heteroatoms. The third-order valence-corrected chi connectivity index (χ3v) is 4.25. The van der Waals surface area contributed by atoms with Crippen LogP contribution in [-0.4, -0.2) is 36.3 Å². The number of amides is 1. The molecule has 1 heterocycles. The summed E-state index contributed by atoms with van der Waals surface area (Å²) in [7, 11) is -0.514. The van der Waals surface area contributed by atoms with E-state index in [4.69, 9.17) is 31.3 Å². The Morgan fingerprint density at radius 3 is 2.82 bits per heavy atom. The highest BCUT2D eigenvalue weighted by atomic mass is 32.4. The number of carbonyl (C=O) groups is 1. The van der Waals surface area contributed by atoms with Gasteiger partial charge in [-0.05, 0) is 32.6 Å². The lowest BCUT2D eigenvalue weighted by Crippen LogP contribution is -2.26. The second kappa shape index (κ2) is 7.73. The molecule has 0 saturated carbocycles. The van der Waals surface area contributed by atoms with Gasteiger partial charge in [-0.25, -0.2) is 4.99 Å². The normalized spacial score (nSPS) is 23.4. The third kappa shape index (κ3) is 4.54. The van der Waals surface area contributed by atoms with Gasteiger partial charge in [0.1, 0.15) is 11.4 Å². The molecule has 1 rings (SSSR count). The maximum Gasteiger partial charge on any atom is 0.225 e. The molecule has 2 atom stereocenters. The number of aliphatic imine (C=N–C) groups is 1. The predicted octanol–water partition coefficient (Wildman–Crippen LogP) is 1.07. The Morgan fingerprint density at radius 2 is 2.27 bits per heavy atom. The van der Waals surface area contributed by atoms with Gasteiger partial charge in [0.2, 0.25) is 19.8 Å². The molecule has 0 fully saturated rings. The molecule has 0 radical (unpaired) electrons. The average Bonchev–Trinajstić information content (AvgIpc) is 2.67. The minimum atomic E-state index is -1.95. The molecule has 1 amide bonds. The van der Waals surface area contributed by atoms with Crippen molar-refractivity contribution in [1.82, 2.24) is 5.32 Å². The molecule has 0 saturated heterocycles. The molecule has 0 aromatic heterocycles. The summed E-state index contributed by atoms with van der Waals surface area (Å²) in [5.74, 6) is 0.0968. The molecule has 1 aliphatic heterocycles. The van der Waals surface area contributed by atoms with Crippen molar-refractivity contribution in [3.05, 3.63) is 23.3 Å². The lowest BCUT2D eigenvalue weighted by Gasteiger charge is -2.22. The summed E-state index contributed by atoms with van der Waals surface area (Å²) in [4.78, 5) is 14.3. The highest BCUT2D eigenvalue weighted by Crippen LogP contribution is 2.41. The number of rotatable bonds is 7. The Morgan fingerprint density at radius 1 is 1.64 bits per heavy atom. The number of nitrogens with zero attached hydrogens (tertiary/aromatic N) is 1. The van der Waals surface area contributed by atoms with E-state index in [-0.39, 0.29) is 17.4 Å². The second-order valence-electron chi connectivity index (χ2n) is 4.88. The Labute approximate surface area is 134 Å². The molecule has 22 heavy (non-hydrogen) atoms. The van der Waals surface area contributed by atoms with Gasteiger partial charge in [0.25, 0.3) is 0 Å². The Balaban J connectivity index is 3.03. The lowest BCUT2D eigenvalue weighted by atomic mass is 10.1. The van der Waals surface area contributed by atoms with E-state index in [2.05, 4.69) is 10.3 Å². The van der Waals surface area contributed by atoms with Gasteiger partial charge < -0.3 is 29.9 Å². The highest BCUT2D eigenvalue weighted by Gasteiger charge is 2.43. The van der Waals surface area contributed by atoms with Crippen LogP contribution in [0.25, 0.3) is 0 Å². The lowest BCUT2D eigenvalue weighted by molar-refractivity contribution is -0.108. The maximum atomic E-state index is 10.2. The summed E-state index contributed by atoms with van der Waals surface area (Å²) < 4.78 is 16.0. The minimum absolute atomic E-state index is 0.110. The van der Waals surface area contributed by atoms with Crippen LogP contribution in [0.2, 0.25) is 0 Å². The number of aliphatic hydroxyl groups is 1. The maximum absolute atomic E-state index is 10.2. The third-order valence-electron chi connectivity index (χ3n) is 2.80. The van der Waals surface area contributed by atoms with Crippen LogP contribution < -0.4 is 11.1 Å². The van der Waals surface area contributed by atoms with Crippen molar-refractivity contribution < 1.29 is 23.7 Å². The summed E-state index contributed by atoms with van der Waals surface area (Å²) in [6, 6.07) is 0. The van der Waals surface area contributed by atoms with E-state index in [1.165, 1.54) is 13.3 Å². The van der Waals surface area contributed by atoms with E-state index >= 15 is 0 Å². The van der Waals surface area contributed by atoms with E-state index in [1.54, 1.807) is 20.8 Å². The van der Waals surface area contributed by atoms with Gasteiger partial charge in [-0.2, -0.15) is 0 Å². The van der Waals surface area contributed by atoms with Crippen LogP contribution in [0.3, 0.4) is 0 Å². The van der Waals surface area contributed by atoms with Crippen LogP contribution in [0.1, 0.15) is 20.8 Å². The minimum Gasteiger partial charge on any atom is -0.505 e. The molecule has 0 aromatic carbocycles. The van der Waals surface area contributed by atoms with Crippen LogP contribution in [0.15, 0.2) is 28.3 Å². The van der Waals surface area contributed by atoms with Crippen LogP contribution in [0.5, 0.6) is 0 Å². The fourth-order valence-electron chi connectivity index (χ4n) is 1.66. The first-order valence-corrected chi connectivity index (χ1v) is 8.75. The summed E-state index contributed by atoms with van der Waals surface area (Å²) in [6.45, 7) is 5.07. The first-order valence-electron chi connectivity index (χ1n) is 6.30. The number of nitrogens with one attached hydrogen (secondary N) is 1. The molecule has 4 N–H and O–H groups in total. The van der Waals surface area contributed by atoms with Crippen molar-refractivity contribution in [1.29, 1.82) is 0 Å². The summed E-state index contributed by atoms with van der Waals surface area (Å²) in [6.07, 6.45) is 0.887. The summed E-state index contributed by atoms with van der Waals surface area (Å²) in [5.41, 5.74) is 5.40. The van der Waals surface area contributed by atoms with Gasteiger partial charge in [-0.1, -0.05) is 0 Å². The van der Waals surface area contributed by atoms with Gasteiger partial charge in [0.15, 0.2) is 11.5 Å². The van der Waals surface area contributed by atoms with Crippen molar-refractivity contribution >= 4 is 31.2 Å². The van der Waals surface area contributed by atoms with Gasteiger partial charge >= 0.3 is 0 Å². The number of hydrogen-bond donors (Lipinski definition) is 3. The summed E-state index contributed by atoms with van der Waals surface area (Å²) in [5, 5.41) is 12.6. The Hall–Kier alpha value is -1.41. The van der Waals surface area contributed by atoms with Crippen LogP contribution in [0, 0.1) is 0 Å². The molecule has 0 aromatic rings. The quantitative estimate of drug-likeness (QED) is 0.272. The number of ether oxygens (including phenoxy) is 1. The second-order valence-corrected chi connectivity index (χ2v) is 6.99.